The van der Waals surface area contributed by atoms with Gasteiger partial charge in [0.25, 0.3) is 0 Å². The van der Waals surface area contributed by atoms with Gasteiger partial charge in [0.1, 0.15) is 0 Å². The molecule has 0 bridgehead atoms. The fourth-order valence-corrected chi connectivity index (χ4v) is 0.830. The van der Waals surface area contributed by atoms with Crippen molar-refractivity contribution in [2.75, 3.05) is 6.61 Å². The van der Waals surface area contributed by atoms with E-state index < -0.39 is 8.25 Å². The van der Waals surface area contributed by atoms with Gasteiger partial charge in [-0.05, 0) is 6.42 Å². The number of rotatable bonds is 5. The third kappa shape index (κ3) is 11.5. The van der Waals surface area contributed by atoms with Crippen LogP contribution in [0.3, 0.4) is 0 Å². The Morgan fingerprint density at radius 3 is 2.50 bits per heavy atom. The summed E-state index contributed by atoms with van der Waals surface area (Å²) in [7, 11) is -2.67. The van der Waals surface area contributed by atoms with Crippen molar-refractivity contribution in [3.63, 3.8) is 0 Å². The number of unbranched alkanes of at least 4 members (excludes halogenated alkanes) is 2. The zero-order chi connectivity index (χ0) is 7.11. The van der Waals surface area contributed by atoms with Gasteiger partial charge in [-0.1, -0.05) is 19.8 Å². The minimum atomic E-state index is -2.67. The second kappa shape index (κ2) is 9.67. The van der Waals surface area contributed by atoms with E-state index >= 15 is 0 Å². The molecule has 0 amide bonds. The molecule has 1 unspecified atom stereocenters. The molecule has 0 saturated heterocycles. The molecule has 0 aromatic rings. The molecular formula is C5H13FeO3P. The van der Waals surface area contributed by atoms with Gasteiger partial charge in [0.2, 0.25) is 0 Å². The Morgan fingerprint density at radius 2 is 2.10 bits per heavy atom. The minimum absolute atomic E-state index is 0. The molecular weight excluding hydrogens is 195 g/mol. The van der Waals surface area contributed by atoms with Crippen LogP contribution in [-0.4, -0.2) is 11.5 Å². The molecule has 0 fully saturated rings. The van der Waals surface area contributed by atoms with Crippen LogP contribution >= 0.6 is 8.25 Å². The quantitative estimate of drug-likeness (QED) is 0.423. The van der Waals surface area contributed by atoms with Crippen LogP contribution in [-0.2, 0) is 26.2 Å². The third-order valence-corrected chi connectivity index (χ3v) is 1.42. The molecule has 0 rings (SSSR count). The topological polar surface area (TPSA) is 46.5 Å². The summed E-state index contributed by atoms with van der Waals surface area (Å²) in [5.74, 6) is 0. The Morgan fingerprint density at radius 1 is 1.50 bits per heavy atom. The Labute approximate surface area is 72.6 Å². The van der Waals surface area contributed by atoms with Crippen LogP contribution in [0.1, 0.15) is 26.2 Å². The van der Waals surface area contributed by atoms with Crippen molar-refractivity contribution >= 4 is 8.25 Å². The molecule has 5 heteroatoms. The van der Waals surface area contributed by atoms with E-state index in [9.17, 15) is 4.57 Å². The first-order valence-corrected chi connectivity index (χ1v) is 4.39. The Kier molecular flexibility index (Phi) is 12.8. The molecule has 64 valence electrons. The monoisotopic (exact) mass is 208 g/mol. The third-order valence-electron chi connectivity index (χ3n) is 0.973. The SMILES string of the molecule is CCCCCO[PH](=O)O.[Fe]. The van der Waals surface area contributed by atoms with Gasteiger partial charge in [0.15, 0.2) is 0 Å². The van der Waals surface area contributed by atoms with Gasteiger partial charge in [-0.3, -0.25) is 4.57 Å². The van der Waals surface area contributed by atoms with Crippen molar-refractivity contribution in [2.45, 2.75) is 26.2 Å². The van der Waals surface area contributed by atoms with Crippen molar-refractivity contribution in [2.24, 2.45) is 0 Å². The fraction of sp³-hybridized carbons (Fsp3) is 1.00. The van der Waals surface area contributed by atoms with Crippen LogP contribution in [0.5, 0.6) is 0 Å². The molecule has 0 spiro atoms. The first-order chi connectivity index (χ1) is 4.27. The van der Waals surface area contributed by atoms with E-state index in [1.807, 2.05) is 0 Å². The molecule has 0 aromatic heterocycles. The van der Waals surface area contributed by atoms with Gasteiger partial charge in [-0.2, -0.15) is 0 Å². The summed E-state index contributed by atoms with van der Waals surface area (Å²) in [4.78, 5) is 8.18. The van der Waals surface area contributed by atoms with Crippen LogP contribution in [0.4, 0.5) is 0 Å². The van der Waals surface area contributed by atoms with E-state index in [-0.39, 0.29) is 17.1 Å². The van der Waals surface area contributed by atoms with E-state index in [4.69, 9.17) is 4.89 Å². The van der Waals surface area contributed by atoms with Gasteiger partial charge in [-0.25, -0.2) is 0 Å². The van der Waals surface area contributed by atoms with Crippen LogP contribution in [0.25, 0.3) is 0 Å². The molecule has 0 heterocycles. The van der Waals surface area contributed by atoms with E-state index in [1.165, 1.54) is 0 Å². The first-order valence-electron chi connectivity index (χ1n) is 3.13. The molecule has 10 heavy (non-hydrogen) atoms. The zero-order valence-electron chi connectivity index (χ0n) is 5.95. The van der Waals surface area contributed by atoms with Crippen molar-refractivity contribution in [3.8, 4) is 0 Å². The summed E-state index contributed by atoms with van der Waals surface area (Å²) in [6.45, 7) is 2.49. The summed E-state index contributed by atoms with van der Waals surface area (Å²) in [6, 6.07) is 0. The van der Waals surface area contributed by atoms with E-state index in [2.05, 4.69) is 11.4 Å². The second-order valence-corrected chi connectivity index (χ2v) is 2.64. The van der Waals surface area contributed by atoms with Crippen molar-refractivity contribution in [1.29, 1.82) is 0 Å². The van der Waals surface area contributed by atoms with Gasteiger partial charge in [-0.15, -0.1) is 0 Å². The normalized spacial score (nSPS) is 12.2. The Balaban J connectivity index is 0. The Bertz CT molecular complexity index is 89.0. The van der Waals surface area contributed by atoms with Crippen LogP contribution < -0.4 is 0 Å². The standard InChI is InChI=1S/C5H13O3P.Fe/c1-2-3-4-5-8-9(6)7;/h9H,2-5H2,1H3,(H,6,7);. The maximum absolute atomic E-state index is 9.93. The summed E-state index contributed by atoms with van der Waals surface area (Å²) in [6.07, 6.45) is 3.05. The van der Waals surface area contributed by atoms with Crippen LogP contribution in [0.2, 0.25) is 0 Å². The molecule has 0 saturated carbocycles. The van der Waals surface area contributed by atoms with Crippen LogP contribution in [0, 0.1) is 0 Å². The smallest absolute Gasteiger partial charge is 0.316 e. The van der Waals surface area contributed by atoms with Gasteiger partial charge >= 0.3 is 8.25 Å². The second-order valence-electron chi connectivity index (χ2n) is 1.82. The van der Waals surface area contributed by atoms with E-state index in [0.717, 1.165) is 19.3 Å². The summed E-state index contributed by atoms with van der Waals surface area (Å²) in [5, 5.41) is 0. The van der Waals surface area contributed by atoms with E-state index in [0.29, 0.717) is 6.61 Å². The Hall–Kier alpha value is 0.669. The maximum atomic E-state index is 9.93. The fourth-order valence-electron chi connectivity index (χ4n) is 0.512. The molecule has 3 nitrogen and oxygen atoms in total. The summed E-state index contributed by atoms with van der Waals surface area (Å²) in [5.41, 5.74) is 0. The number of hydrogen-bond acceptors (Lipinski definition) is 2. The molecule has 0 aliphatic heterocycles. The molecule has 0 radical (unpaired) electrons. The van der Waals surface area contributed by atoms with Crippen molar-refractivity contribution in [1.82, 2.24) is 0 Å². The van der Waals surface area contributed by atoms with Crippen LogP contribution in [0.15, 0.2) is 0 Å². The average molecular weight is 208 g/mol. The average Bonchev–Trinajstić information content (AvgIpc) is 1.80. The minimum Gasteiger partial charge on any atom is -0.326 e. The number of hydrogen-bond donors (Lipinski definition) is 1. The first kappa shape index (κ1) is 13.3. The maximum Gasteiger partial charge on any atom is 0.316 e. The predicted octanol–water partition coefficient (Wildman–Crippen LogP) is 1.57. The molecule has 0 aliphatic rings. The van der Waals surface area contributed by atoms with Gasteiger partial charge in [0.05, 0.1) is 6.61 Å². The summed E-state index contributed by atoms with van der Waals surface area (Å²) >= 11 is 0. The van der Waals surface area contributed by atoms with E-state index in [1.54, 1.807) is 0 Å². The van der Waals surface area contributed by atoms with Crippen molar-refractivity contribution in [3.05, 3.63) is 0 Å². The zero-order valence-corrected chi connectivity index (χ0v) is 8.05. The predicted molar refractivity (Wildman–Crippen MR) is 36.7 cm³/mol. The molecule has 1 N–H and O–H groups in total. The van der Waals surface area contributed by atoms with Gasteiger partial charge < -0.3 is 9.42 Å². The molecule has 0 aromatic carbocycles. The van der Waals surface area contributed by atoms with Crippen molar-refractivity contribution < 1.29 is 31.1 Å². The molecule has 1 atom stereocenters. The van der Waals surface area contributed by atoms with Gasteiger partial charge in [0, 0.05) is 17.1 Å². The summed E-state index contributed by atoms with van der Waals surface area (Å²) < 4.78 is 14.4. The largest absolute Gasteiger partial charge is 0.326 e. The molecule has 0 aliphatic carbocycles.